The number of carbonyl (C=O) groups excluding carboxylic acids is 2. The minimum atomic E-state index is -0.385. The summed E-state index contributed by atoms with van der Waals surface area (Å²) >= 11 is 1.58. The first-order valence-corrected chi connectivity index (χ1v) is 6.48. The molecule has 1 aliphatic rings. The maximum atomic E-state index is 11.8. The molecular formula is C11H15N3O2S. The molecule has 2 heterocycles. The third-order valence-corrected chi connectivity index (χ3v) is 3.58. The molecule has 1 aliphatic heterocycles. The fraction of sp³-hybridized carbons (Fsp3) is 0.545. The molecule has 0 saturated carbocycles. The van der Waals surface area contributed by atoms with Crippen molar-refractivity contribution in [3.63, 3.8) is 0 Å². The van der Waals surface area contributed by atoms with Crippen LogP contribution in [0.2, 0.25) is 0 Å². The molecule has 0 aromatic carbocycles. The molecule has 1 saturated heterocycles. The van der Waals surface area contributed by atoms with Crippen molar-refractivity contribution in [2.45, 2.75) is 32.9 Å². The standard InChI is InChI=1S/C11H15N3O2S/c1-3-14-10(15)4-9(11(14)16)12-5-8-6-17-7(2)13-8/h6,9,12H,3-5H2,1-2H3. The number of hydrogen-bond acceptors (Lipinski definition) is 5. The molecule has 0 radical (unpaired) electrons. The Morgan fingerprint density at radius 2 is 2.35 bits per heavy atom. The summed E-state index contributed by atoms with van der Waals surface area (Å²) in [4.78, 5) is 28.9. The second-order valence-corrected chi connectivity index (χ2v) is 5.03. The van der Waals surface area contributed by atoms with Crippen molar-refractivity contribution in [2.75, 3.05) is 6.54 Å². The summed E-state index contributed by atoms with van der Waals surface area (Å²) in [5.74, 6) is -0.214. The number of hydrogen-bond donors (Lipinski definition) is 1. The van der Waals surface area contributed by atoms with E-state index in [1.54, 1.807) is 11.3 Å². The summed E-state index contributed by atoms with van der Waals surface area (Å²) in [5, 5.41) is 6.05. The Hall–Kier alpha value is -1.27. The molecule has 1 N–H and O–H groups in total. The van der Waals surface area contributed by atoms with E-state index in [0.29, 0.717) is 13.1 Å². The molecule has 0 spiro atoms. The first-order chi connectivity index (χ1) is 8.11. The van der Waals surface area contributed by atoms with Crippen LogP contribution in [0.1, 0.15) is 24.0 Å². The van der Waals surface area contributed by atoms with E-state index in [4.69, 9.17) is 0 Å². The van der Waals surface area contributed by atoms with Crippen molar-refractivity contribution in [3.8, 4) is 0 Å². The third kappa shape index (κ3) is 2.53. The Labute approximate surface area is 104 Å². The molecule has 2 amide bonds. The van der Waals surface area contributed by atoms with Gasteiger partial charge in [-0.2, -0.15) is 0 Å². The predicted octanol–water partition coefficient (Wildman–Crippen LogP) is 0.689. The number of likely N-dealkylation sites (tertiary alicyclic amines) is 1. The molecule has 92 valence electrons. The summed E-state index contributed by atoms with van der Waals surface area (Å²) in [6.07, 6.45) is 0.260. The van der Waals surface area contributed by atoms with Crippen molar-refractivity contribution in [1.82, 2.24) is 15.2 Å². The molecule has 0 bridgehead atoms. The van der Waals surface area contributed by atoms with E-state index in [9.17, 15) is 9.59 Å². The summed E-state index contributed by atoms with van der Waals surface area (Å²) < 4.78 is 0. The zero-order valence-electron chi connectivity index (χ0n) is 9.90. The van der Waals surface area contributed by atoms with Crippen LogP contribution in [0.15, 0.2) is 5.38 Å². The summed E-state index contributed by atoms with van der Waals surface area (Å²) in [6.45, 7) is 4.73. The van der Waals surface area contributed by atoms with Gasteiger partial charge in [-0.15, -0.1) is 11.3 Å². The molecule has 5 nitrogen and oxygen atoms in total. The number of rotatable bonds is 4. The average Bonchev–Trinajstić information content (AvgIpc) is 2.81. The minimum absolute atomic E-state index is 0.0931. The molecule has 1 aromatic rings. The van der Waals surface area contributed by atoms with Crippen molar-refractivity contribution in [3.05, 3.63) is 16.1 Å². The van der Waals surface area contributed by atoms with Crippen LogP contribution in [0.25, 0.3) is 0 Å². The zero-order valence-corrected chi connectivity index (χ0v) is 10.7. The van der Waals surface area contributed by atoms with Gasteiger partial charge < -0.3 is 0 Å². The first-order valence-electron chi connectivity index (χ1n) is 5.60. The average molecular weight is 253 g/mol. The Bertz CT molecular complexity index is 444. The number of aryl methyl sites for hydroxylation is 1. The smallest absolute Gasteiger partial charge is 0.246 e. The second kappa shape index (κ2) is 4.93. The second-order valence-electron chi connectivity index (χ2n) is 3.97. The van der Waals surface area contributed by atoms with Crippen molar-refractivity contribution < 1.29 is 9.59 Å². The van der Waals surface area contributed by atoms with Gasteiger partial charge in [0.25, 0.3) is 0 Å². The lowest BCUT2D eigenvalue weighted by Gasteiger charge is -2.12. The van der Waals surface area contributed by atoms with Crippen LogP contribution in [-0.4, -0.2) is 34.3 Å². The van der Waals surface area contributed by atoms with Crippen molar-refractivity contribution >= 4 is 23.2 Å². The number of amides is 2. The Kier molecular flexibility index (Phi) is 3.54. The minimum Gasteiger partial charge on any atom is -0.300 e. The summed E-state index contributed by atoms with van der Waals surface area (Å²) in [7, 11) is 0. The number of thiazole rings is 1. The number of nitrogens with one attached hydrogen (secondary N) is 1. The van der Waals surface area contributed by atoms with E-state index in [1.807, 2.05) is 19.2 Å². The summed E-state index contributed by atoms with van der Waals surface area (Å²) in [6, 6.07) is -0.385. The van der Waals surface area contributed by atoms with Crippen LogP contribution >= 0.6 is 11.3 Å². The van der Waals surface area contributed by atoms with Gasteiger partial charge >= 0.3 is 0 Å². The highest BCUT2D eigenvalue weighted by molar-refractivity contribution is 7.09. The quantitative estimate of drug-likeness (QED) is 0.802. The maximum Gasteiger partial charge on any atom is 0.246 e. The van der Waals surface area contributed by atoms with Crippen molar-refractivity contribution in [2.24, 2.45) is 0 Å². The largest absolute Gasteiger partial charge is 0.300 e. The highest BCUT2D eigenvalue weighted by atomic mass is 32.1. The molecule has 0 aliphatic carbocycles. The normalized spacial score (nSPS) is 20.4. The van der Waals surface area contributed by atoms with Gasteiger partial charge in [0.15, 0.2) is 0 Å². The number of nitrogens with zero attached hydrogens (tertiary/aromatic N) is 2. The van der Waals surface area contributed by atoms with E-state index in [1.165, 1.54) is 4.90 Å². The summed E-state index contributed by atoms with van der Waals surface area (Å²) in [5.41, 5.74) is 0.919. The van der Waals surface area contributed by atoms with Crippen LogP contribution in [-0.2, 0) is 16.1 Å². The van der Waals surface area contributed by atoms with E-state index in [-0.39, 0.29) is 24.3 Å². The predicted molar refractivity (Wildman–Crippen MR) is 64.5 cm³/mol. The Balaban J connectivity index is 1.92. The molecular weight excluding hydrogens is 238 g/mol. The van der Waals surface area contributed by atoms with Crippen LogP contribution in [0.5, 0.6) is 0 Å². The molecule has 1 atom stereocenters. The third-order valence-electron chi connectivity index (χ3n) is 2.76. The lowest BCUT2D eigenvalue weighted by atomic mass is 10.2. The highest BCUT2D eigenvalue weighted by Gasteiger charge is 2.36. The number of carbonyl (C=O) groups is 2. The Morgan fingerprint density at radius 3 is 2.88 bits per heavy atom. The van der Waals surface area contributed by atoms with Crippen LogP contribution in [0.3, 0.4) is 0 Å². The SMILES string of the molecule is CCN1C(=O)CC(NCc2csc(C)n2)C1=O. The highest BCUT2D eigenvalue weighted by Crippen LogP contribution is 2.14. The Morgan fingerprint density at radius 1 is 1.59 bits per heavy atom. The fourth-order valence-electron chi connectivity index (χ4n) is 1.89. The van der Waals surface area contributed by atoms with E-state index >= 15 is 0 Å². The molecule has 6 heteroatoms. The molecule has 1 unspecified atom stereocenters. The van der Waals surface area contributed by atoms with Gasteiger partial charge in [-0.1, -0.05) is 0 Å². The van der Waals surface area contributed by atoms with Crippen LogP contribution in [0.4, 0.5) is 0 Å². The van der Waals surface area contributed by atoms with E-state index in [2.05, 4.69) is 10.3 Å². The maximum absolute atomic E-state index is 11.8. The topological polar surface area (TPSA) is 62.3 Å². The number of aromatic nitrogens is 1. The lowest BCUT2D eigenvalue weighted by Crippen LogP contribution is -2.38. The van der Waals surface area contributed by atoms with Gasteiger partial charge in [-0.05, 0) is 13.8 Å². The molecule has 1 fully saturated rings. The van der Waals surface area contributed by atoms with E-state index in [0.717, 1.165) is 10.7 Å². The van der Waals surface area contributed by atoms with Gasteiger partial charge in [0.2, 0.25) is 11.8 Å². The van der Waals surface area contributed by atoms with Crippen LogP contribution in [0, 0.1) is 6.92 Å². The fourth-order valence-corrected chi connectivity index (χ4v) is 2.50. The van der Waals surface area contributed by atoms with Gasteiger partial charge in [0, 0.05) is 18.5 Å². The number of imide groups is 1. The zero-order chi connectivity index (χ0) is 12.4. The monoisotopic (exact) mass is 253 g/mol. The van der Waals surface area contributed by atoms with Gasteiger partial charge in [-0.3, -0.25) is 19.8 Å². The molecule has 17 heavy (non-hydrogen) atoms. The molecule has 1 aromatic heterocycles. The van der Waals surface area contributed by atoms with Crippen molar-refractivity contribution in [1.29, 1.82) is 0 Å². The van der Waals surface area contributed by atoms with Gasteiger partial charge in [-0.25, -0.2) is 4.98 Å². The van der Waals surface area contributed by atoms with Gasteiger partial charge in [0.05, 0.1) is 23.2 Å². The van der Waals surface area contributed by atoms with Crippen LogP contribution < -0.4 is 5.32 Å². The lowest BCUT2D eigenvalue weighted by molar-refractivity contribution is -0.138. The first kappa shape index (κ1) is 12.2. The van der Waals surface area contributed by atoms with Gasteiger partial charge in [0.1, 0.15) is 0 Å². The number of likely N-dealkylation sites (N-methyl/N-ethyl adjacent to an activating group) is 1. The molecule has 2 rings (SSSR count). The van der Waals surface area contributed by atoms with E-state index < -0.39 is 0 Å².